The minimum atomic E-state index is -0.833. The van der Waals surface area contributed by atoms with E-state index in [0.717, 1.165) is 12.5 Å². The summed E-state index contributed by atoms with van der Waals surface area (Å²) in [5.41, 5.74) is 12.0. The van der Waals surface area contributed by atoms with Crippen LogP contribution in [0.1, 0.15) is 67.2 Å². The third-order valence-electron chi connectivity index (χ3n) is 5.31. The lowest BCUT2D eigenvalue weighted by atomic mass is 9.77. The van der Waals surface area contributed by atoms with Crippen LogP contribution in [0.15, 0.2) is 24.8 Å². The molecular weight excluding hydrogens is 468 g/mol. The first-order valence-electron chi connectivity index (χ1n) is 12.1. The number of carbonyl (C=O) groups is 4. The van der Waals surface area contributed by atoms with Gasteiger partial charge in [0.15, 0.2) is 0 Å². The van der Waals surface area contributed by atoms with Crippen molar-refractivity contribution in [3.8, 4) is 0 Å². The molecule has 206 valence electrons. The van der Waals surface area contributed by atoms with E-state index in [0.29, 0.717) is 19.3 Å². The molecule has 0 aliphatic carbocycles. The van der Waals surface area contributed by atoms with Gasteiger partial charge in [-0.25, -0.2) is 9.59 Å². The fourth-order valence-electron chi connectivity index (χ4n) is 3.60. The van der Waals surface area contributed by atoms with Gasteiger partial charge in [-0.05, 0) is 57.8 Å². The van der Waals surface area contributed by atoms with Crippen molar-refractivity contribution in [2.75, 3.05) is 13.2 Å². The molecule has 0 aromatic carbocycles. The molecule has 0 spiro atoms. The summed E-state index contributed by atoms with van der Waals surface area (Å²) in [5.74, 6) is -2.06. The van der Waals surface area contributed by atoms with Gasteiger partial charge < -0.3 is 30.4 Å². The Morgan fingerprint density at radius 3 is 1.86 bits per heavy atom. The molecule has 0 aromatic rings. The Labute approximate surface area is 214 Å². The average molecular weight is 513 g/mol. The van der Waals surface area contributed by atoms with Gasteiger partial charge in [-0.3, -0.25) is 9.59 Å². The van der Waals surface area contributed by atoms with E-state index in [1.807, 2.05) is 20.8 Å². The lowest BCUT2D eigenvalue weighted by molar-refractivity contribution is -0.158. The Morgan fingerprint density at radius 1 is 0.861 bits per heavy atom. The third kappa shape index (κ3) is 14.6. The molecule has 0 aliphatic rings. The zero-order valence-electron chi connectivity index (χ0n) is 22.5. The van der Waals surface area contributed by atoms with Crippen LogP contribution in [0, 0.1) is 11.3 Å². The van der Waals surface area contributed by atoms with Gasteiger partial charge in [0.2, 0.25) is 0 Å². The van der Waals surface area contributed by atoms with Crippen LogP contribution in [0.2, 0.25) is 0 Å². The number of carbonyl (C=O) groups excluding carboxylic acids is 4. The topological polar surface area (TPSA) is 157 Å². The van der Waals surface area contributed by atoms with E-state index in [1.165, 1.54) is 6.92 Å². The Bertz CT molecular complexity index is 780. The second kappa shape index (κ2) is 16.1. The van der Waals surface area contributed by atoms with Gasteiger partial charge >= 0.3 is 23.9 Å². The van der Waals surface area contributed by atoms with Gasteiger partial charge in [0.1, 0.15) is 37.5 Å². The van der Waals surface area contributed by atoms with Crippen LogP contribution in [0.3, 0.4) is 0 Å². The smallest absolute Gasteiger partial charge is 0.333 e. The molecule has 0 saturated heterocycles. The van der Waals surface area contributed by atoms with Crippen molar-refractivity contribution >= 4 is 23.9 Å². The standard InChI is InChI=1S/C26H44N2O8/c1-9-22(29)33-14-18(5)35-24(31)20(27)11-10-17(4)12-26(7,8)13-21(28)25(32)36-19(6)15-34-23(30)16(2)3/h9,17-21H,1-2,10-15,27-28H2,3-8H3. The molecule has 0 radical (unpaired) electrons. The van der Waals surface area contributed by atoms with E-state index in [-0.39, 0.29) is 30.1 Å². The van der Waals surface area contributed by atoms with Crippen molar-refractivity contribution in [1.82, 2.24) is 0 Å². The summed E-state index contributed by atoms with van der Waals surface area (Å²) in [6.45, 7) is 17.5. The number of ether oxygens (including phenoxy) is 4. The van der Waals surface area contributed by atoms with Crippen LogP contribution < -0.4 is 11.5 Å². The number of esters is 4. The molecule has 0 amide bonds. The van der Waals surface area contributed by atoms with E-state index in [2.05, 4.69) is 13.2 Å². The van der Waals surface area contributed by atoms with Gasteiger partial charge in [-0.15, -0.1) is 0 Å². The van der Waals surface area contributed by atoms with Gasteiger partial charge in [0, 0.05) is 11.6 Å². The Hall–Kier alpha value is -2.72. The fraction of sp³-hybridized carbons (Fsp3) is 0.692. The maximum atomic E-state index is 12.4. The van der Waals surface area contributed by atoms with E-state index < -0.39 is 48.2 Å². The maximum Gasteiger partial charge on any atom is 0.333 e. The highest BCUT2D eigenvalue weighted by molar-refractivity contribution is 5.87. The molecule has 0 bridgehead atoms. The Balaban J connectivity index is 4.48. The van der Waals surface area contributed by atoms with Crippen LogP contribution in [0.4, 0.5) is 0 Å². The third-order valence-corrected chi connectivity index (χ3v) is 5.31. The summed E-state index contributed by atoms with van der Waals surface area (Å²) in [6.07, 6.45) is 2.01. The summed E-state index contributed by atoms with van der Waals surface area (Å²) in [4.78, 5) is 47.1. The first-order chi connectivity index (χ1) is 16.6. The van der Waals surface area contributed by atoms with Crippen LogP contribution >= 0.6 is 0 Å². The number of nitrogens with two attached hydrogens (primary N) is 2. The molecule has 36 heavy (non-hydrogen) atoms. The van der Waals surface area contributed by atoms with Crippen molar-refractivity contribution in [1.29, 1.82) is 0 Å². The highest BCUT2D eigenvalue weighted by atomic mass is 16.6. The molecule has 0 fully saturated rings. The molecular formula is C26H44N2O8. The SMILES string of the molecule is C=CC(=O)OCC(C)OC(=O)C(N)CCC(C)CC(C)(C)CC(N)C(=O)OC(C)COC(=O)C(=C)C. The lowest BCUT2D eigenvalue weighted by Crippen LogP contribution is -2.39. The number of hydrogen-bond donors (Lipinski definition) is 2. The van der Waals surface area contributed by atoms with Gasteiger partial charge in [-0.2, -0.15) is 0 Å². The highest BCUT2D eigenvalue weighted by Gasteiger charge is 2.29. The molecule has 4 N–H and O–H groups in total. The largest absolute Gasteiger partial charge is 0.459 e. The minimum Gasteiger partial charge on any atom is -0.459 e. The molecule has 0 rings (SSSR count). The van der Waals surface area contributed by atoms with Gasteiger partial charge in [-0.1, -0.05) is 33.9 Å². The monoisotopic (exact) mass is 512 g/mol. The van der Waals surface area contributed by atoms with Crippen molar-refractivity contribution in [3.63, 3.8) is 0 Å². The minimum absolute atomic E-state index is 0.0744. The van der Waals surface area contributed by atoms with Crippen molar-refractivity contribution in [2.24, 2.45) is 22.8 Å². The zero-order valence-corrected chi connectivity index (χ0v) is 22.5. The molecule has 0 aromatic heterocycles. The lowest BCUT2D eigenvalue weighted by Gasteiger charge is -2.30. The van der Waals surface area contributed by atoms with Crippen molar-refractivity contribution in [2.45, 2.75) is 91.5 Å². The van der Waals surface area contributed by atoms with Crippen molar-refractivity contribution in [3.05, 3.63) is 24.8 Å². The molecule has 5 atom stereocenters. The number of hydrogen-bond acceptors (Lipinski definition) is 10. The molecule has 10 nitrogen and oxygen atoms in total. The molecule has 5 unspecified atom stereocenters. The molecule has 0 heterocycles. The van der Waals surface area contributed by atoms with Crippen LogP contribution in [0.5, 0.6) is 0 Å². The van der Waals surface area contributed by atoms with Crippen LogP contribution in [-0.4, -0.2) is 61.4 Å². The molecule has 10 heteroatoms. The van der Waals surface area contributed by atoms with Crippen LogP contribution in [0.25, 0.3) is 0 Å². The summed E-state index contributed by atoms with van der Waals surface area (Å²) in [7, 11) is 0. The van der Waals surface area contributed by atoms with E-state index in [9.17, 15) is 19.2 Å². The van der Waals surface area contributed by atoms with Gasteiger partial charge in [0.25, 0.3) is 0 Å². The zero-order chi connectivity index (χ0) is 28.1. The highest BCUT2D eigenvalue weighted by Crippen LogP contribution is 2.32. The first-order valence-corrected chi connectivity index (χ1v) is 12.1. The fourth-order valence-corrected chi connectivity index (χ4v) is 3.60. The first kappa shape index (κ1) is 33.3. The molecule has 0 saturated carbocycles. The predicted octanol–water partition coefficient (Wildman–Crippen LogP) is 2.58. The van der Waals surface area contributed by atoms with Crippen LogP contribution in [-0.2, 0) is 38.1 Å². The summed E-state index contributed by atoms with van der Waals surface area (Å²) < 4.78 is 20.3. The van der Waals surface area contributed by atoms with Gasteiger partial charge in [0.05, 0.1) is 0 Å². The quantitative estimate of drug-likeness (QED) is 0.169. The van der Waals surface area contributed by atoms with E-state index >= 15 is 0 Å². The number of rotatable bonds is 17. The van der Waals surface area contributed by atoms with E-state index in [1.54, 1.807) is 13.8 Å². The average Bonchev–Trinajstić information content (AvgIpc) is 2.78. The summed E-state index contributed by atoms with van der Waals surface area (Å²) >= 11 is 0. The summed E-state index contributed by atoms with van der Waals surface area (Å²) in [5, 5.41) is 0. The Kier molecular flexibility index (Phi) is 14.9. The van der Waals surface area contributed by atoms with E-state index in [4.69, 9.17) is 30.4 Å². The second-order valence-corrected chi connectivity index (χ2v) is 10.2. The normalized spacial score (nSPS) is 15.4. The summed E-state index contributed by atoms with van der Waals surface area (Å²) in [6, 6.07) is -1.63. The molecule has 0 aliphatic heterocycles. The van der Waals surface area contributed by atoms with Crippen molar-refractivity contribution < 1.29 is 38.1 Å². The maximum absolute atomic E-state index is 12.4. The second-order valence-electron chi connectivity index (χ2n) is 10.2. The Morgan fingerprint density at radius 2 is 1.36 bits per heavy atom. The predicted molar refractivity (Wildman–Crippen MR) is 135 cm³/mol.